The van der Waals surface area contributed by atoms with Gasteiger partial charge in [-0.2, -0.15) is 0 Å². The number of rotatable bonds is 3. The molecule has 4 aromatic rings. The van der Waals surface area contributed by atoms with Gasteiger partial charge in [-0.3, -0.25) is 0 Å². The summed E-state index contributed by atoms with van der Waals surface area (Å²) in [6.07, 6.45) is 0. The minimum absolute atomic E-state index is 0.0892. The van der Waals surface area contributed by atoms with Crippen molar-refractivity contribution in [3.8, 4) is 28.5 Å². The second-order valence-corrected chi connectivity index (χ2v) is 5.46. The predicted molar refractivity (Wildman–Crippen MR) is 95.4 cm³/mol. The van der Waals surface area contributed by atoms with Crippen molar-refractivity contribution in [3.05, 3.63) is 84.9 Å². The molecule has 116 valence electrons. The minimum atomic E-state index is 0.0892. The SMILES string of the molecule is Oc1cccc(-c2ccccc2)c1Oc1ccc2ccccc2n1. The monoisotopic (exact) mass is 313 g/mol. The van der Waals surface area contributed by atoms with Crippen LogP contribution in [0, 0.1) is 0 Å². The van der Waals surface area contributed by atoms with Gasteiger partial charge < -0.3 is 9.84 Å². The molecule has 0 bridgehead atoms. The van der Waals surface area contributed by atoms with Crippen LogP contribution < -0.4 is 4.74 Å². The van der Waals surface area contributed by atoms with Gasteiger partial charge in [-0.1, -0.05) is 60.7 Å². The zero-order valence-electron chi connectivity index (χ0n) is 12.9. The van der Waals surface area contributed by atoms with Gasteiger partial charge in [0.2, 0.25) is 5.88 Å². The van der Waals surface area contributed by atoms with E-state index in [2.05, 4.69) is 4.98 Å². The molecule has 1 heterocycles. The number of aromatic hydroxyl groups is 1. The molecule has 24 heavy (non-hydrogen) atoms. The van der Waals surface area contributed by atoms with Gasteiger partial charge in [0.15, 0.2) is 11.5 Å². The van der Waals surface area contributed by atoms with Crippen LogP contribution in [0.2, 0.25) is 0 Å². The summed E-state index contributed by atoms with van der Waals surface area (Å²) in [6, 6.07) is 26.8. The quantitative estimate of drug-likeness (QED) is 0.550. The third kappa shape index (κ3) is 2.68. The molecule has 0 aliphatic rings. The summed E-state index contributed by atoms with van der Waals surface area (Å²) in [5.74, 6) is 0.949. The second-order valence-electron chi connectivity index (χ2n) is 5.46. The lowest BCUT2D eigenvalue weighted by Crippen LogP contribution is -1.92. The summed E-state index contributed by atoms with van der Waals surface area (Å²) < 4.78 is 5.94. The third-order valence-electron chi connectivity index (χ3n) is 3.86. The number of benzene rings is 3. The first kappa shape index (κ1) is 14.3. The Balaban J connectivity index is 1.78. The third-order valence-corrected chi connectivity index (χ3v) is 3.86. The van der Waals surface area contributed by atoms with E-state index in [0.29, 0.717) is 11.6 Å². The van der Waals surface area contributed by atoms with Crippen molar-refractivity contribution < 1.29 is 9.84 Å². The summed E-state index contributed by atoms with van der Waals surface area (Å²) in [5, 5.41) is 11.3. The highest BCUT2D eigenvalue weighted by Gasteiger charge is 2.13. The van der Waals surface area contributed by atoms with Crippen LogP contribution in [0.5, 0.6) is 17.4 Å². The lowest BCUT2D eigenvalue weighted by atomic mass is 10.0. The first-order chi connectivity index (χ1) is 11.8. The summed E-state index contributed by atoms with van der Waals surface area (Å²) >= 11 is 0. The second kappa shape index (κ2) is 6.05. The molecule has 0 saturated carbocycles. The van der Waals surface area contributed by atoms with Gasteiger partial charge in [0.1, 0.15) is 0 Å². The number of nitrogens with zero attached hydrogens (tertiary/aromatic N) is 1. The molecule has 0 radical (unpaired) electrons. The largest absolute Gasteiger partial charge is 0.504 e. The number of pyridine rings is 1. The van der Waals surface area contributed by atoms with Crippen LogP contribution in [-0.2, 0) is 0 Å². The number of phenols is 1. The summed E-state index contributed by atoms with van der Waals surface area (Å²) in [4.78, 5) is 4.51. The first-order valence-electron chi connectivity index (χ1n) is 7.72. The van der Waals surface area contributed by atoms with Crippen LogP contribution >= 0.6 is 0 Å². The molecule has 3 heteroatoms. The number of hydrogen-bond donors (Lipinski definition) is 1. The molecule has 0 atom stereocenters. The maximum atomic E-state index is 10.3. The fourth-order valence-electron chi connectivity index (χ4n) is 2.69. The zero-order valence-corrected chi connectivity index (χ0v) is 12.9. The van der Waals surface area contributed by atoms with Gasteiger partial charge in [-0.25, -0.2) is 4.98 Å². The first-order valence-corrected chi connectivity index (χ1v) is 7.72. The Hall–Kier alpha value is -3.33. The highest BCUT2D eigenvalue weighted by Crippen LogP contribution is 2.39. The van der Waals surface area contributed by atoms with Crippen LogP contribution in [0.4, 0.5) is 0 Å². The van der Waals surface area contributed by atoms with Crippen molar-refractivity contribution in [3.63, 3.8) is 0 Å². The fourth-order valence-corrected chi connectivity index (χ4v) is 2.69. The van der Waals surface area contributed by atoms with E-state index in [9.17, 15) is 5.11 Å². The molecule has 0 spiro atoms. The van der Waals surface area contributed by atoms with Crippen LogP contribution in [0.25, 0.3) is 22.0 Å². The number of para-hydroxylation sites is 2. The van der Waals surface area contributed by atoms with Crippen LogP contribution in [0.3, 0.4) is 0 Å². The molecular formula is C21H15NO2. The van der Waals surface area contributed by atoms with Gasteiger partial charge in [0, 0.05) is 17.0 Å². The van der Waals surface area contributed by atoms with Gasteiger partial charge in [0.05, 0.1) is 5.52 Å². The Bertz CT molecular complexity index is 997. The van der Waals surface area contributed by atoms with E-state index < -0.39 is 0 Å². The van der Waals surface area contributed by atoms with E-state index in [4.69, 9.17) is 4.74 Å². The number of hydrogen-bond acceptors (Lipinski definition) is 3. The van der Waals surface area contributed by atoms with Crippen LogP contribution in [0.1, 0.15) is 0 Å². The molecular weight excluding hydrogens is 298 g/mol. The van der Waals surface area contributed by atoms with Crippen molar-refractivity contribution in [1.29, 1.82) is 0 Å². The van der Waals surface area contributed by atoms with Crippen LogP contribution in [-0.4, -0.2) is 10.1 Å². The lowest BCUT2D eigenvalue weighted by Gasteiger charge is -2.12. The van der Waals surface area contributed by atoms with Crippen molar-refractivity contribution in [2.24, 2.45) is 0 Å². The van der Waals surface area contributed by atoms with Gasteiger partial charge >= 0.3 is 0 Å². The number of aromatic nitrogens is 1. The number of fused-ring (bicyclic) bond motifs is 1. The Morgan fingerprint density at radius 1 is 0.708 bits per heavy atom. The van der Waals surface area contributed by atoms with Gasteiger partial charge in [-0.15, -0.1) is 0 Å². The smallest absolute Gasteiger partial charge is 0.220 e. The minimum Gasteiger partial charge on any atom is -0.504 e. The Morgan fingerprint density at radius 3 is 2.38 bits per heavy atom. The molecule has 1 aromatic heterocycles. The summed E-state index contributed by atoms with van der Waals surface area (Å²) in [7, 11) is 0. The zero-order chi connectivity index (χ0) is 16.4. The lowest BCUT2D eigenvalue weighted by molar-refractivity contribution is 0.405. The van der Waals surface area contributed by atoms with E-state index in [1.807, 2.05) is 72.8 Å². The maximum absolute atomic E-state index is 10.3. The predicted octanol–water partition coefficient (Wildman–Crippen LogP) is 5.40. The molecule has 4 rings (SSSR count). The average Bonchev–Trinajstić information content (AvgIpc) is 2.64. The molecule has 0 saturated heterocycles. The van der Waals surface area contributed by atoms with E-state index in [-0.39, 0.29) is 5.75 Å². The van der Waals surface area contributed by atoms with E-state index in [0.717, 1.165) is 22.0 Å². The number of ether oxygens (including phenoxy) is 1. The fraction of sp³-hybridized carbons (Fsp3) is 0. The molecule has 0 amide bonds. The van der Waals surface area contributed by atoms with E-state index >= 15 is 0 Å². The number of phenolic OH excluding ortho intramolecular Hbond substituents is 1. The van der Waals surface area contributed by atoms with Crippen molar-refractivity contribution >= 4 is 10.9 Å². The average molecular weight is 313 g/mol. The van der Waals surface area contributed by atoms with Crippen molar-refractivity contribution in [2.45, 2.75) is 0 Å². The molecule has 0 fully saturated rings. The summed E-state index contributed by atoms with van der Waals surface area (Å²) in [5.41, 5.74) is 2.65. The van der Waals surface area contributed by atoms with E-state index in [1.165, 1.54) is 0 Å². The Morgan fingerprint density at radius 2 is 1.50 bits per heavy atom. The normalized spacial score (nSPS) is 10.7. The van der Waals surface area contributed by atoms with Gasteiger partial charge in [-0.05, 0) is 23.8 Å². The summed E-state index contributed by atoms with van der Waals surface area (Å²) in [6.45, 7) is 0. The topological polar surface area (TPSA) is 42.4 Å². The molecule has 1 N–H and O–H groups in total. The Kier molecular flexibility index (Phi) is 3.60. The standard InChI is InChI=1S/C21H15NO2/c23-19-12-6-10-17(15-7-2-1-3-8-15)21(19)24-20-14-13-16-9-4-5-11-18(16)22-20/h1-14,23H. The van der Waals surface area contributed by atoms with E-state index in [1.54, 1.807) is 12.1 Å². The molecule has 0 aliphatic heterocycles. The highest BCUT2D eigenvalue weighted by molar-refractivity contribution is 5.79. The van der Waals surface area contributed by atoms with Crippen LogP contribution in [0.15, 0.2) is 84.9 Å². The van der Waals surface area contributed by atoms with Crippen molar-refractivity contribution in [1.82, 2.24) is 4.98 Å². The molecule has 3 nitrogen and oxygen atoms in total. The van der Waals surface area contributed by atoms with Gasteiger partial charge in [0.25, 0.3) is 0 Å². The van der Waals surface area contributed by atoms with Crippen molar-refractivity contribution in [2.75, 3.05) is 0 Å². The highest BCUT2D eigenvalue weighted by atomic mass is 16.5. The Labute approximate surface area is 139 Å². The molecule has 0 aliphatic carbocycles. The molecule has 0 unspecified atom stereocenters. The maximum Gasteiger partial charge on any atom is 0.220 e. The molecule has 3 aromatic carbocycles.